The molecule has 6 nitrogen and oxygen atoms in total. The lowest BCUT2D eigenvalue weighted by Crippen LogP contribution is -2.28. The van der Waals surface area contributed by atoms with Crippen molar-refractivity contribution in [2.75, 3.05) is 18.0 Å². The number of para-hydroxylation sites is 1. The molecular formula is C14H19N5O. The van der Waals surface area contributed by atoms with Crippen molar-refractivity contribution >= 4 is 5.69 Å². The molecule has 0 N–H and O–H groups in total. The van der Waals surface area contributed by atoms with Crippen LogP contribution in [0.3, 0.4) is 0 Å². The van der Waals surface area contributed by atoms with Crippen LogP contribution in [0.5, 0.6) is 0 Å². The van der Waals surface area contributed by atoms with E-state index in [-0.39, 0.29) is 5.69 Å². The minimum absolute atomic E-state index is 0.106. The molecule has 1 saturated heterocycles. The van der Waals surface area contributed by atoms with Crippen molar-refractivity contribution in [1.29, 1.82) is 0 Å². The summed E-state index contributed by atoms with van der Waals surface area (Å²) in [6.07, 6.45) is 1.08. The van der Waals surface area contributed by atoms with Crippen LogP contribution in [0.1, 0.15) is 13.3 Å². The van der Waals surface area contributed by atoms with Crippen molar-refractivity contribution in [3.63, 3.8) is 0 Å². The fraction of sp³-hybridized carbons (Fsp3) is 0.500. The van der Waals surface area contributed by atoms with Crippen LogP contribution in [-0.4, -0.2) is 32.9 Å². The smallest absolute Gasteiger partial charge is 0.363 e. The minimum atomic E-state index is -0.106. The minimum Gasteiger partial charge on any atom is -0.371 e. The number of rotatable bonds is 4. The van der Waals surface area contributed by atoms with Crippen molar-refractivity contribution in [2.24, 2.45) is 5.92 Å². The van der Waals surface area contributed by atoms with Crippen molar-refractivity contribution in [1.82, 2.24) is 19.8 Å². The highest BCUT2D eigenvalue weighted by atomic mass is 16.2. The molecule has 0 radical (unpaired) electrons. The Labute approximate surface area is 117 Å². The second-order valence-corrected chi connectivity index (χ2v) is 5.20. The number of benzene rings is 1. The van der Waals surface area contributed by atoms with Crippen LogP contribution in [0.4, 0.5) is 5.69 Å². The SMILES string of the molecule is CCn1nnn(CC2CCN(c3ccccc3)C2)c1=O. The highest BCUT2D eigenvalue weighted by molar-refractivity contribution is 5.46. The summed E-state index contributed by atoms with van der Waals surface area (Å²) in [4.78, 5) is 14.3. The third kappa shape index (κ3) is 2.45. The lowest BCUT2D eigenvalue weighted by atomic mass is 10.1. The molecule has 3 rings (SSSR count). The van der Waals surface area contributed by atoms with Crippen LogP contribution in [-0.2, 0) is 13.1 Å². The van der Waals surface area contributed by atoms with Gasteiger partial charge in [-0.05, 0) is 41.8 Å². The van der Waals surface area contributed by atoms with Gasteiger partial charge in [-0.3, -0.25) is 0 Å². The molecule has 1 fully saturated rings. The molecule has 0 spiro atoms. The number of tetrazole rings is 1. The number of anilines is 1. The largest absolute Gasteiger partial charge is 0.371 e. The van der Waals surface area contributed by atoms with E-state index in [1.165, 1.54) is 15.1 Å². The summed E-state index contributed by atoms with van der Waals surface area (Å²) in [5.41, 5.74) is 1.14. The summed E-state index contributed by atoms with van der Waals surface area (Å²) in [6, 6.07) is 10.4. The van der Waals surface area contributed by atoms with Gasteiger partial charge in [-0.15, -0.1) is 0 Å². The van der Waals surface area contributed by atoms with Crippen molar-refractivity contribution in [2.45, 2.75) is 26.4 Å². The van der Waals surface area contributed by atoms with Gasteiger partial charge < -0.3 is 4.90 Å². The predicted octanol–water partition coefficient (Wildman–Crippen LogP) is 0.986. The third-order valence-corrected chi connectivity index (χ3v) is 3.84. The topological polar surface area (TPSA) is 56.0 Å². The number of aryl methyl sites for hydroxylation is 1. The van der Waals surface area contributed by atoms with Gasteiger partial charge in [0.1, 0.15) is 0 Å². The van der Waals surface area contributed by atoms with Gasteiger partial charge in [0, 0.05) is 25.3 Å². The normalized spacial score (nSPS) is 18.6. The molecule has 106 valence electrons. The first-order valence-electron chi connectivity index (χ1n) is 7.08. The average Bonchev–Trinajstić information content (AvgIpc) is 3.08. The van der Waals surface area contributed by atoms with E-state index in [4.69, 9.17) is 0 Å². The van der Waals surface area contributed by atoms with Crippen LogP contribution in [0.15, 0.2) is 35.1 Å². The number of aromatic nitrogens is 4. The fourth-order valence-corrected chi connectivity index (χ4v) is 2.72. The van der Waals surface area contributed by atoms with Gasteiger partial charge in [0.05, 0.1) is 6.54 Å². The molecule has 6 heteroatoms. The molecule has 1 atom stereocenters. The Morgan fingerprint density at radius 1 is 1.20 bits per heavy atom. The third-order valence-electron chi connectivity index (χ3n) is 3.84. The number of nitrogens with zero attached hydrogens (tertiary/aromatic N) is 5. The van der Waals surface area contributed by atoms with Crippen molar-refractivity contribution < 1.29 is 0 Å². The van der Waals surface area contributed by atoms with E-state index in [9.17, 15) is 4.79 Å². The van der Waals surface area contributed by atoms with Gasteiger partial charge >= 0.3 is 5.69 Å². The lowest BCUT2D eigenvalue weighted by Gasteiger charge is -2.18. The van der Waals surface area contributed by atoms with Crippen LogP contribution in [0.2, 0.25) is 0 Å². The van der Waals surface area contributed by atoms with Crippen molar-refractivity contribution in [3.8, 4) is 0 Å². The van der Waals surface area contributed by atoms with E-state index >= 15 is 0 Å². The highest BCUT2D eigenvalue weighted by Crippen LogP contribution is 2.23. The first-order chi connectivity index (χ1) is 9.78. The maximum Gasteiger partial charge on any atom is 0.363 e. The number of hydrogen-bond donors (Lipinski definition) is 0. The standard InChI is InChI=1S/C14H19N5O/c1-2-18-14(20)19(16-15-18)11-12-8-9-17(10-12)13-6-4-3-5-7-13/h3-7,12H,2,8-11H2,1H3. The molecule has 0 amide bonds. The van der Waals surface area contributed by atoms with Crippen LogP contribution in [0.25, 0.3) is 0 Å². The second-order valence-electron chi connectivity index (χ2n) is 5.20. The second kappa shape index (κ2) is 5.48. The molecule has 2 aromatic rings. The van der Waals surface area contributed by atoms with E-state index in [1.54, 1.807) is 0 Å². The van der Waals surface area contributed by atoms with Crippen LogP contribution >= 0.6 is 0 Å². The van der Waals surface area contributed by atoms with Gasteiger partial charge in [0.2, 0.25) is 0 Å². The summed E-state index contributed by atoms with van der Waals surface area (Å²) < 4.78 is 2.88. The fourth-order valence-electron chi connectivity index (χ4n) is 2.72. The molecule has 0 bridgehead atoms. The van der Waals surface area contributed by atoms with Gasteiger partial charge in [0.15, 0.2) is 0 Å². The van der Waals surface area contributed by atoms with Gasteiger partial charge in [-0.2, -0.15) is 9.36 Å². The van der Waals surface area contributed by atoms with Gasteiger partial charge in [0.25, 0.3) is 0 Å². The van der Waals surface area contributed by atoms with Crippen LogP contribution in [0, 0.1) is 5.92 Å². The maximum atomic E-state index is 11.9. The van der Waals surface area contributed by atoms with E-state index in [1.807, 2.05) is 13.0 Å². The summed E-state index contributed by atoms with van der Waals surface area (Å²) in [6.45, 7) is 5.12. The first kappa shape index (κ1) is 12.9. The Morgan fingerprint density at radius 3 is 2.65 bits per heavy atom. The van der Waals surface area contributed by atoms with E-state index in [2.05, 4.69) is 39.6 Å². The molecule has 1 aromatic heterocycles. The molecule has 0 saturated carbocycles. The maximum absolute atomic E-state index is 11.9. The summed E-state index contributed by atoms with van der Waals surface area (Å²) in [5, 5.41) is 7.80. The molecule has 1 aromatic carbocycles. The predicted molar refractivity (Wildman–Crippen MR) is 76.7 cm³/mol. The molecule has 2 heterocycles. The molecule has 20 heavy (non-hydrogen) atoms. The zero-order valence-electron chi connectivity index (χ0n) is 11.6. The van der Waals surface area contributed by atoms with E-state index in [0.29, 0.717) is 19.0 Å². The van der Waals surface area contributed by atoms with E-state index < -0.39 is 0 Å². The molecular weight excluding hydrogens is 254 g/mol. The Morgan fingerprint density at radius 2 is 1.95 bits per heavy atom. The Balaban J connectivity index is 1.66. The van der Waals surface area contributed by atoms with Gasteiger partial charge in [-0.1, -0.05) is 18.2 Å². The average molecular weight is 273 g/mol. The monoisotopic (exact) mass is 273 g/mol. The Kier molecular flexibility index (Phi) is 3.54. The molecule has 1 aliphatic rings. The zero-order valence-corrected chi connectivity index (χ0v) is 11.6. The lowest BCUT2D eigenvalue weighted by molar-refractivity contribution is 0.435. The molecule has 0 aliphatic carbocycles. The number of hydrogen-bond acceptors (Lipinski definition) is 4. The quantitative estimate of drug-likeness (QED) is 0.833. The summed E-state index contributed by atoms with van der Waals surface area (Å²) in [5.74, 6) is 0.454. The zero-order chi connectivity index (χ0) is 13.9. The van der Waals surface area contributed by atoms with Crippen LogP contribution < -0.4 is 10.6 Å². The summed E-state index contributed by atoms with van der Waals surface area (Å²) >= 11 is 0. The van der Waals surface area contributed by atoms with E-state index in [0.717, 1.165) is 19.5 Å². The highest BCUT2D eigenvalue weighted by Gasteiger charge is 2.24. The molecule has 1 aliphatic heterocycles. The Bertz CT molecular complexity index is 618. The Hall–Kier alpha value is -2.11. The summed E-state index contributed by atoms with van der Waals surface area (Å²) in [7, 11) is 0. The first-order valence-corrected chi connectivity index (χ1v) is 7.08. The molecule has 1 unspecified atom stereocenters. The van der Waals surface area contributed by atoms with Crippen molar-refractivity contribution in [3.05, 3.63) is 40.8 Å². The van der Waals surface area contributed by atoms with Gasteiger partial charge in [-0.25, -0.2) is 4.79 Å².